The SMILES string of the molecule is Cc1noc(C)c1S(=O)(=O)N1CCCC(C(=O)NC(CCCc2ccccc2)c2ccccc2)C1. The summed E-state index contributed by atoms with van der Waals surface area (Å²) in [6.45, 7) is 3.76. The number of nitrogens with one attached hydrogen (secondary N) is 1. The maximum atomic E-state index is 13.3. The van der Waals surface area contributed by atoms with Gasteiger partial charge in [-0.15, -0.1) is 0 Å². The van der Waals surface area contributed by atoms with E-state index >= 15 is 0 Å². The molecular weight excluding hydrogens is 462 g/mol. The minimum absolute atomic E-state index is 0.0998. The van der Waals surface area contributed by atoms with Crippen LogP contribution in [0.4, 0.5) is 0 Å². The second kappa shape index (κ2) is 11.2. The number of carbonyl (C=O) groups excluding carboxylic acids is 1. The molecule has 4 rings (SSSR count). The third kappa shape index (κ3) is 6.00. The Morgan fingerprint density at radius 1 is 1.11 bits per heavy atom. The van der Waals surface area contributed by atoms with Crippen LogP contribution in [0.1, 0.15) is 54.3 Å². The topological polar surface area (TPSA) is 92.5 Å². The smallest absolute Gasteiger partial charge is 0.248 e. The van der Waals surface area contributed by atoms with E-state index in [-0.39, 0.29) is 29.1 Å². The molecular formula is C27H33N3O4S. The Labute approximate surface area is 207 Å². The van der Waals surface area contributed by atoms with Crippen LogP contribution < -0.4 is 5.32 Å². The molecule has 3 aromatic rings. The van der Waals surface area contributed by atoms with Gasteiger partial charge in [0.25, 0.3) is 0 Å². The van der Waals surface area contributed by atoms with Crippen LogP contribution in [0.3, 0.4) is 0 Å². The molecule has 1 fully saturated rings. The molecule has 0 aliphatic carbocycles. The van der Waals surface area contributed by atoms with Crippen molar-refractivity contribution in [3.05, 3.63) is 83.2 Å². The predicted molar refractivity (Wildman–Crippen MR) is 134 cm³/mol. The molecule has 1 N–H and O–H groups in total. The molecule has 2 atom stereocenters. The van der Waals surface area contributed by atoms with Gasteiger partial charge in [0.1, 0.15) is 10.6 Å². The van der Waals surface area contributed by atoms with Crippen molar-refractivity contribution in [3.8, 4) is 0 Å². The molecule has 0 spiro atoms. The van der Waals surface area contributed by atoms with E-state index in [9.17, 15) is 13.2 Å². The van der Waals surface area contributed by atoms with Crippen LogP contribution in [0, 0.1) is 19.8 Å². The molecule has 2 heterocycles. The van der Waals surface area contributed by atoms with Crippen LogP contribution in [-0.4, -0.2) is 36.9 Å². The lowest BCUT2D eigenvalue weighted by Crippen LogP contribution is -2.46. The Hall–Kier alpha value is -2.97. The molecule has 35 heavy (non-hydrogen) atoms. The van der Waals surface area contributed by atoms with E-state index in [1.54, 1.807) is 13.8 Å². The molecule has 0 radical (unpaired) electrons. The number of aryl methyl sites for hydroxylation is 3. The van der Waals surface area contributed by atoms with Crippen molar-refractivity contribution >= 4 is 15.9 Å². The average molecular weight is 496 g/mol. The second-order valence-electron chi connectivity index (χ2n) is 9.21. The Balaban J connectivity index is 1.44. The fraction of sp³-hybridized carbons (Fsp3) is 0.407. The molecule has 0 saturated carbocycles. The van der Waals surface area contributed by atoms with Gasteiger partial charge < -0.3 is 9.84 Å². The van der Waals surface area contributed by atoms with Gasteiger partial charge in [-0.3, -0.25) is 4.79 Å². The average Bonchev–Trinajstić information content (AvgIpc) is 3.23. The summed E-state index contributed by atoms with van der Waals surface area (Å²) < 4.78 is 33.0. The highest BCUT2D eigenvalue weighted by Crippen LogP contribution is 2.29. The standard InChI is InChI=1S/C27H33N3O4S/c1-20-26(21(2)34-29-20)35(32,33)30-18-10-16-24(19-30)27(31)28-25(23-14-7-4-8-15-23)17-9-13-22-11-5-3-6-12-22/h3-8,11-12,14-15,24-25H,9-10,13,16-19H2,1-2H3,(H,28,31). The molecule has 8 heteroatoms. The molecule has 1 saturated heterocycles. The van der Waals surface area contributed by atoms with E-state index in [1.807, 2.05) is 48.5 Å². The largest absolute Gasteiger partial charge is 0.360 e. The minimum atomic E-state index is -3.77. The third-order valence-electron chi connectivity index (χ3n) is 6.64. The number of hydrogen-bond acceptors (Lipinski definition) is 5. The highest BCUT2D eigenvalue weighted by molar-refractivity contribution is 7.89. The summed E-state index contributed by atoms with van der Waals surface area (Å²) in [4.78, 5) is 13.5. The summed E-state index contributed by atoms with van der Waals surface area (Å²) in [5, 5.41) is 7.02. The molecule has 2 unspecified atom stereocenters. The lowest BCUT2D eigenvalue weighted by molar-refractivity contribution is -0.126. The van der Waals surface area contributed by atoms with Gasteiger partial charge in [0, 0.05) is 13.1 Å². The third-order valence-corrected chi connectivity index (χ3v) is 8.75. The van der Waals surface area contributed by atoms with E-state index in [0.29, 0.717) is 25.1 Å². The van der Waals surface area contributed by atoms with Gasteiger partial charge in [-0.2, -0.15) is 4.31 Å². The van der Waals surface area contributed by atoms with Crippen molar-refractivity contribution in [2.75, 3.05) is 13.1 Å². The summed E-state index contributed by atoms with van der Waals surface area (Å²) in [6, 6.07) is 20.2. The van der Waals surface area contributed by atoms with Gasteiger partial charge in [-0.1, -0.05) is 65.8 Å². The number of aromatic nitrogens is 1. The molecule has 2 aromatic carbocycles. The van der Waals surface area contributed by atoms with Crippen molar-refractivity contribution in [3.63, 3.8) is 0 Å². The van der Waals surface area contributed by atoms with Crippen molar-refractivity contribution in [1.82, 2.24) is 14.8 Å². The first-order valence-electron chi connectivity index (χ1n) is 12.2. The number of amides is 1. The fourth-order valence-electron chi connectivity index (χ4n) is 4.80. The van der Waals surface area contributed by atoms with Crippen molar-refractivity contribution in [2.24, 2.45) is 5.92 Å². The van der Waals surface area contributed by atoms with Gasteiger partial charge in [0.05, 0.1) is 12.0 Å². The van der Waals surface area contributed by atoms with E-state index in [0.717, 1.165) is 24.8 Å². The number of nitrogens with zero attached hydrogens (tertiary/aromatic N) is 2. The predicted octanol–water partition coefficient (Wildman–Crippen LogP) is 4.57. The van der Waals surface area contributed by atoms with Crippen LogP contribution in [0.15, 0.2) is 70.1 Å². The number of piperidine rings is 1. The van der Waals surface area contributed by atoms with Crippen molar-refractivity contribution in [1.29, 1.82) is 0 Å². The lowest BCUT2D eigenvalue weighted by atomic mass is 9.95. The molecule has 186 valence electrons. The number of carbonyl (C=O) groups is 1. The zero-order valence-electron chi connectivity index (χ0n) is 20.3. The van der Waals surface area contributed by atoms with Crippen LogP contribution >= 0.6 is 0 Å². The molecule has 1 aliphatic rings. The highest BCUT2D eigenvalue weighted by atomic mass is 32.2. The summed E-state index contributed by atoms with van der Waals surface area (Å²) in [6.07, 6.45) is 3.96. The van der Waals surface area contributed by atoms with Gasteiger partial charge in [-0.05, 0) is 57.1 Å². The number of rotatable bonds is 9. The second-order valence-corrected chi connectivity index (χ2v) is 11.1. The zero-order valence-corrected chi connectivity index (χ0v) is 21.1. The number of hydrogen-bond donors (Lipinski definition) is 1. The van der Waals surface area contributed by atoms with E-state index in [1.165, 1.54) is 9.87 Å². The first-order valence-corrected chi connectivity index (χ1v) is 13.6. The minimum Gasteiger partial charge on any atom is -0.360 e. The van der Waals surface area contributed by atoms with Crippen LogP contribution in [0.2, 0.25) is 0 Å². The zero-order chi connectivity index (χ0) is 24.8. The quantitative estimate of drug-likeness (QED) is 0.469. The lowest BCUT2D eigenvalue weighted by Gasteiger charge is -2.32. The number of benzene rings is 2. The molecule has 0 bridgehead atoms. The molecule has 1 aromatic heterocycles. The Kier molecular flexibility index (Phi) is 8.03. The Bertz CT molecular complexity index is 1210. The normalized spacial score (nSPS) is 17.7. The maximum absolute atomic E-state index is 13.3. The van der Waals surface area contributed by atoms with Crippen molar-refractivity contribution in [2.45, 2.75) is 56.9 Å². The summed E-state index contributed by atoms with van der Waals surface area (Å²) in [7, 11) is -3.77. The first kappa shape index (κ1) is 25.1. The van der Waals surface area contributed by atoms with Crippen molar-refractivity contribution < 1.29 is 17.7 Å². The van der Waals surface area contributed by atoms with E-state index < -0.39 is 15.9 Å². The summed E-state index contributed by atoms with van der Waals surface area (Å²) >= 11 is 0. The monoisotopic (exact) mass is 495 g/mol. The van der Waals surface area contributed by atoms with Gasteiger partial charge in [0.2, 0.25) is 15.9 Å². The summed E-state index contributed by atoms with van der Waals surface area (Å²) in [5.74, 6) is -0.229. The molecule has 7 nitrogen and oxygen atoms in total. The summed E-state index contributed by atoms with van der Waals surface area (Å²) in [5.41, 5.74) is 2.68. The van der Waals surface area contributed by atoms with Crippen LogP contribution in [0.5, 0.6) is 0 Å². The maximum Gasteiger partial charge on any atom is 0.248 e. The Morgan fingerprint density at radius 2 is 1.80 bits per heavy atom. The number of sulfonamides is 1. The molecule has 1 aliphatic heterocycles. The van der Waals surface area contributed by atoms with Gasteiger partial charge >= 0.3 is 0 Å². The van der Waals surface area contributed by atoms with E-state index in [4.69, 9.17) is 4.52 Å². The van der Waals surface area contributed by atoms with E-state index in [2.05, 4.69) is 22.6 Å². The molecule has 1 amide bonds. The van der Waals surface area contributed by atoms with Crippen LogP contribution in [-0.2, 0) is 21.2 Å². The highest BCUT2D eigenvalue weighted by Gasteiger charge is 2.36. The van der Waals surface area contributed by atoms with Crippen LogP contribution in [0.25, 0.3) is 0 Å². The van der Waals surface area contributed by atoms with Gasteiger partial charge in [0.15, 0.2) is 5.76 Å². The fourth-order valence-corrected chi connectivity index (χ4v) is 6.61. The Morgan fingerprint density at radius 3 is 2.46 bits per heavy atom. The first-order chi connectivity index (χ1) is 16.9. The van der Waals surface area contributed by atoms with Gasteiger partial charge in [-0.25, -0.2) is 8.42 Å².